The van der Waals surface area contributed by atoms with E-state index in [0.717, 1.165) is 45.4 Å². The SMILES string of the molecule is CCCN(CCCCC(C)(C)C(=O)O)CCN(C)C. The highest BCUT2D eigenvalue weighted by Crippen LogP contribution is 2.23. The number of carboxylic acid groups (broad SMARTS) is 1. The first-order valence-electron chi connectivity index (χ1n) is 7.40. The predicted octanol–water partition coefficient (Wildman–Crippen LogP) is 2.54. The molecule has 0 heterocycles. The molecule has 4 nitrogen and oxygen atoms in total. The summed E-state index contributed by atoms with van der Waals surface area (Å²) >= 11 is 0. The Kier molecular flexibility index (Phi) is 9.02. The molecule has 0 saturated carbocycles. The van der Waals surface area contributed by atoms with E-state index in [0.29, 0.717) is 0 Å². The van der Waals surface area contributed by atoms with E-state index < -0.39 is 11.4 Å². The molecule has 4 heteroatoms. The largest absolute Gasteiger partial charge is 0.481 e. The summed E-state index contributed by atoms with van der Waals surface area (Å²) in [7, 11) is 4.19. The molecule has 19 heavy (non-hydrogen) atoms. The Balaban J connectivity index is 3.89. The third-order valence-electron chi connectivity index (χ3n) is 3.51. The van der Waals surface area contributed by atoms with Gasteiger partial charge in [0.15, 0.2) is 0 Å². The smallest absolute Gasteiger partial charge is 0.309 e. The summed E-state index contributed by atoms with van der Waals surface area (Å²) < 4.78 is 0. The fourth-order valence-corrected chi connectivity index (χ4v) is 2.00. The monoisotopic (exact) mass is 272 g/mol. The average molecular weight is 272 g/mol. The molecule has 0 aromatic rings. The lowest BCUT2D eigenvalue weighted by atomic mass is 9.87. The zero-order valence-corrected chi connectivity index (χ0v) is 13.4. The zero-order chi connectivity index (χ0) is 14.9. The van der Waals surface area contributed by atoms with Crippen molar-refractivity contribution >= 4 is 5.97 Å². The van der Waals surface area contributed by atoms with Crippen molar-refractivity contribution in [1.29, 1.82) is 0 Å². The molecule has 0 aromatic heterocycles. The predicted molar refractivity (Wildman–Crippen MR) is 80.6 cm³/mol. The number of nitrogens with zero attached hydrogens (tertiary/aromatic N) is 2. The zero-order valence-electron chi connectivity index (χ0n) is 13.4. The number of likely N-dealkylation sites (N-methyl/N-ethyl adjacent to an activating group) is 1. The van der Waals surface area contributed by atoms with Crippen molar-refractivity contribution < 1.29 is 9.90 Å². The highest BCUT2D eigenvalue weighted by atomic mass is 16.4. The van der Waals surface area contributed by atoms with Gasteiger partial charge in [-0.1, -0.05) is 13.3 Å². The molecule has 0 aliphatic carbocycles. The number of rotatable bonds is 11. The van der Waals surface area contributed by atoms with E-state index in [1.165, 1.54) is 6.42 Å². The maximum atomic E-state index is 11.0. The van der Waals surface area contributed by atoms with Gasteiger partial charge < -0.3 is 14.9 Å². The lowest BCUT2D eigenvalue weighted by molar-refractivity contribution is -0.147. The number of hydrogen-bond donors (Lipinski definition) is 1. The van der Waals surface area contributed by atoms with Gasteiger partial charge in [0, 0.05) is 13.1 Å². The van der Waals surface area contributed by atoms with Crippen molar-refractivity contribution in [2.45, 2.75) is 46.5 Å². The molecule has 114 valence electrons. The summed E-state index contributed by atoms with van der Waals surface area (Å²) in [6, 6.07) is 0. The van der Waals surface area contributed by atoms with Gasteiger partial charge in [0.2, 0.25) is 0 Å². The second kappa shape index (κ2) is 9.32. The molecule has 1 N–H and O–H groups in total. The summed E-state index contributed by atoms with van der Waals surface area (Å²) in [5.41, 5.74) is -0.584. The standard InChI is InChI=1S/C15H32N2O2/c1-6-10-17(13-12-16(4)5)11-8-7-9-15(2,3)14(18)19/h6-13H2,1-5H3,(H,18,19). The van der Waals surface area contributed by atoms with E-state index >= 15 is 0 Å². The van der Waals surface area contributed by atoms with Crippen molar-refractivity contribution in [1.82, 2.24) is 9.80 Å². The molecular weight excluding hydrogens is 240 g/mol. The Bertz CT molecular complexity index is 253. The van der Waals surface area contributed by atoms with Crippen molar-refractivity contribution in [2.24, 2.45) is 5.41 Å². The Morgan fingerprint density at radius 3 is 2.16 bits per heavy atom. The van der Waals surface area contributed by atoms with Crippen LogP contribution < -0.4 is 0 Å². The van der Waals surface area contributed by atoms with Crippen molar-refractivity contribution in [3.63, 3.8) is 0 Å². The van der Waals surface area contributed by atoms with Gasteiger partial charge in [0.05, 0.1) is 5.41 Å². The minimum atomic E-state index is -0.689. The second-order valence-corrected chi connectivity index (χ2v) is 6.29. The number of carboxylic acids is 1. The summed E-state index contributed by atoms with van der Waals surface area (Å²) in [5.74, 6) is -0.689. The van der Waals surface area contributed by atoms with Gasteiger partial charge in [-0.15, -0.1) is 0 Å². The molecule has 0 saturated heterocycles. The minimum Gasteiger partial charge on any atom is -0.481 e. The molecule has 0 spiro atoms. The van der Waals surface area contributed by atoms with Crippen molar-refractivity contribution in [2.75, 3.05) is 40.3 Å². The van der Waals surface area contributed by atoms with Crippen LogP contribution in [0.15, 0.2) is 0 Å². The van der Waals surface area contributed by atoms with Gasteiger partial charge in [0.1, 0.15) is 0 Å². The molecule has 0 aromatic carbocycles. The first kappa shape index (κ1) is 18.4. The molecule has 0 amide bonds. The van der Waals surface area contributed by atoms with Crippen LogP contribution in [0.4, 0.5) is 0 Å². The molecular formula is C15H32N2O2. The first-order chi connectivity index (χ1) is 8.79. The van der Waals surface area contributed by atoms with Crippen LogP contribution in [0.3, 0.4) is 0 Å². The van der Waals surface area contributed by atoms with E-state index in [2.05, 4.69) is 30.8 Å². The number of unbranched alkanes of at least 4 members (excludes halogenated alkanes) is 1. The van der Waals surface area contributed by atoms with Crippen LogP contribution in [0.5, 0.6) is 0 Å². The molecule has 0 aliphatic heterocycles. The Hall–Kier alpha value is -0.610. The fraction of sp³-hybridized carbons (Fsp3) is 0.933. The van der Waals surface area contributed by atoms with E-state index in [-0.39, 0.29) is 0 Å². The van der Waals surface area contributed by atoms with Gasteiger partial charge in [-0.05, 0) is 60.3 Å². The normalized spacial score (nSPS) is 12.4. The Labute approximate surface area is 118 Å². The first-order valence-corrected chi connectivity index (χ1v) is 7.40. The van der Waals surface area contributed by atoms with Gasteiger partial charge in [-0.25, -0.2) is 0 Å². The van der Waals surface area contributed by atoms with Gasteiger partial charge in [-0.3, -0.25) is 4.79 Å². The third kappa shape index (κ3) is 9.00. The lowest BCUT2D eigenvalue weighted by Crippen LogP contribution is -2.33. The quantitative estimate of drug-likeness (QED) is 0.587. The lowest BCUT2D eigenvalue weighted by Gasteiger charge is -2.24. The summed E-state index contributed by atoms with van der Waals surface area (Å²) in [5, 5.41) is 9.06. The van der Waals surface area contributed by atoms with Crippen molar-refractivity contribution in [3.05, 3.63) is 0 Å². The summed E-state index contributed by atoms with van der Waals surface area (Å²) in [4.78, 5) is 15.7. The molecule has 0 unspecified atom stereocenters. The molecule has 0 atom stereocenters. The fourth-order valence-electron chi connectivity index (χ4n) is 2.00. The third-order valence-corrected chi connectivity index (χ3v) is 3.51. The number of hydrogen-bond acceptors (Lipinski definition) is 3. The number of carbonyl (C=O) groups is 1. The second-order valence-electron chi connectivity index (χ2n) is 6.29. The number of aliphatic carboxylic acids is 1. The van der Waals surface area contributed by atoms with Crippen LogP contribution in [0, 0.1) is 5.41 Å². The molecule has 0 rings (SSSR count). The molecule has 0 bridgehead atoms. The Morgan fingerprint density at radius 2 is 1.68 bits per heavy atom. The topological polar surface area (TPSA) is 43.8 Å². The van der Waals surface area contributed by atoms with Crippen molar-refractivity contribution in [3.8, 4) is 0 Å². The van der Waals surface area contributed by atoms with E-state index in [9.17, 15) is 4.79 Å². The average Bonchev–Trinajstić information content (AvgIpc) is 2.31. The van der Waals surface area contributed by atoms with E-state index in [1.54, 1.807) is 0 Å². The van der Waals surface area contributed by atoms with Gasteiger partial charge in [-0.2, -0.15) is 0 Å². The highest BCUT2D eigenvalue weighted by Gasteiger charge is 2.26. The van der Waals surface area contributed by atoms with Crippen LogP contribution in [0.1, 0.15) is 46.5 Å². The van der Waals surface area contributed by atoms with Gasteiger partial charge in [0.25, 0.3) is 0 Å². The maximum Gasteiger partial charge on any atom is 0.309 e. The van der Waals surface area contributed by atoms with Crippen LogP contribution in [-0.2, 0) is 4.79 Å². The summed E-state index contributed by atoms with van der Waals surface area (Å²) in [6.45, 7) is 10.2. The van der Waals surface area contributed by atoms with Crippen LogP contribution in [-0.4, -0.2) is 61.2 Å². The maximum absolute atomic E-state index is 11.0. The van der Waals surface area contributed by atoms with Crippen LogP contribution in [0.2, 0.25) is 0 Å². The van der Waals surface area contributed by atoms with Gasteiger partial charge >= 0.3 is 5.97 Å². The van der Waals surface area contributed by atoms with Crippen LogP contribution >= 0.6 is 0 Å². The summed E-state index contributed by atoms with van der Waals surface area (Å²) in [6.07, 6.45) is 4.01. The highest BCUT2D eigenvalue weighted by molar-refractivity contribution is 5.73. The molecule has 0 fully saturated rings. The molecule has 0 aliphatic rings. The van der Waals surface area contributed by atoms with E-state index in [4.69, 9.17) is 5.11 Å². The minimum absolute atomic E-state index is 0.584. The Morgan fingerprint density at radius 1 is 1.05 bits per heavy atom. The van der Waals surface area contributed by atoms with E-state index in [1.807, 2.05) is 13.8 Å². The van der Waals surface area contributed by atoms with Crippen LogP contribution in [0.25, 0.3) is 0 Å². The molecule has 0 radical (unpaired) electrons.